The molecule has 22 heavy (non-hydrogen) atoms. The van der Waals surface area contributed by atoms with Gasteiger partial charge in [-0.05, 0) is 12.1 Å². The summed E-state index contributed by atoms with van der Waals surface area (Å²) in [5.41, 5.74) is 6.38. The van der Waals surface area contributed by atoms with E-state index in [2.05, 4.69) is 10.4 Å². The van der Waals surface area contributed by atoms with Crippen LogP contribution in [0, 0.1) is 0 Å². The van der Waals surface area contributed by atoms with Crippen molar-refractivity contribution >= 4 is 29.4 Å². The molecule has 3 N–H and O–H groups in total. The van der Waals surface area contributed by atoms with E-state index < -0.39 is 6.03 Å². The number of hydrogen-bond acceptors (Lipinski definition) is 4. The lowest BCUT2D eigenvalue weighted by molar-refractivity contribution is -0.140. The number of urea groups is 1. The van der Waals surface area contributed by atoms with E-state index in [9.17, 15) is 9.59 Å². The summed E-state index contributed by atoms with van der Waals surface area (Å²) in [6.07, 6.45) is 0.325. The Balaban J connectivity index is 2.34. The topological polar surface area (TPSA) is 99.2 Å². The number of anilines is 1. The average Bonchev–Trinajstić information content (AvgIpc) is 2.77. The minimum absolute atomic E-state index is 0.150. The summed E-state index contributed by atoms with van der Waals surface area (Å²) in [5, 5.41) is 7.07. The van der Waals surface area contributed by atoms with Crippen molar-refractivity contribution in [2.24, 2.45) is 5.73 Å². The van der Waals surface area contributed by atoms with Crippen molar-refractivity contribution in [2.45, 2.75) is 13.3 Å². The lowest BCUT2D eigenvalue weighted by Gasteiger charge is -2.07. The molecule has 2 amide bonds. The number of nitrogens with zero attached hydrogens (tertiary/aromatic N) is 2. The highest BCUT2D eigenvalue weighted by Gasteiger charge is 2.18. The van der Waals surface area contributed by atoms with Crippen molar-refractivity contribution in [3.63, 3.8) is 0 Å². The lowest BCUT2D eigenvalue weighted by Crippen LogP contribution is -2.21. The maximum atomic E-state index is 11.2. The molecule has 0 atom stereocenters. The first-order valence-electron chi connectivity index (χ1n) is 6.51. The number of nitrogens with two attached hydrogens (primary N) is 1. The molecule has 1 aromatic carbocycles. The number of esters is 1. The number of para-hydroxylation sites is 1. The number of carbonyl (C=O) groups excluding carboxylic acids is 2. The number of carbonyl (C=O) groups is 2. The van der Waals surface area contributed by atoms with E-state index >= 15 is 0 Å². The summed E-state index contributed by atoms with van der Waals surface area (Å²) in [5.74, 6) is -0.104. The van der Waals surface area contributed by atoms with E-state index in [0.29, 0.717) is 17.8 Å². The molecule has 0 aliphatic rings. The van der Waals surface area contributed by atoms with Crippen LogP contribution in [0.1, 0.15) is 12.6 Å². The average molecular weight is 323 g/mol. The second-order valence-electron chi connectivity index (χ2n) is 4.44. The molecule has 0 spiro atoms. The fraction of sp³-hybridized carbons (Fsp3) is 0.214. The molecule has 8 heteroatoms. The van der Waals surface area contributed by atoms with E-state index in [1.807, 2.05) is 30.3 Å². The van der Waals surface area contributed by atoms with E-state index in [0.717, 1.165) is 0 Å². The van der Waals surface area contributed by atoms with Gasteiger partial charge in [-0.25, -0.2) is 9.48 Å². The van der Waals surface area contributed by atoms with Crippen LogP contribution in [0.15, 0.2) is 30.3 Å². The zero-order valence-corrected chi connectivity index (χ0v) is 12.6. The van der Waals surface area contributed by atoms with Crippen LogP contribution < -0.4 is 11.1 Å². The van der Waals surface area contributed by atoms with E-state index in [4.69, 9.17) is 22.1 Å². The molecule has 0 fully saturated rings. The normalized spacial score (nSPS) is 10.3. The number of amides is 2. The second kappa shape index (κ2) is 6.95. The molecule has 0 unspecified atom stereocenters. The first kappa shape index (κ1) is 15.8. The molecule has 116 valence electrons. The molecule has 0 aliphatic carbocycles. The van der Waals surface area contributed by atoms with Gasteiger partial charge in [-0.3, -0.25) is 10.1 Å². The van der Waals surface area contributed by atoms with Crippen LogP contribution in [-0.2, 0) is 16.0 Å². The van der Waals surface area contributed by atoms with Gasteiger partial charge in [-0.15, -0.1) is 0 Å². The zero-order valence-electron chi connectivity index (χ0n) is 11.9. The van der Waals surface area contributed by atoms with Crippen LogP contribution in [0.5, 0.6) is 0 Å². The van der Waals surface area contributed by atoms with Crippen molar-refractivity contribution in [1.29, 1.82) is 0 Å². The van der Waals surface area contributed by atoms with Gasteiger partial charge in [0.1, 0.15) is 5.02 Å². The Morgan fingerprint density at radius 1 is 1.36 bits per heavy atom. The second-order valence-corrected chi connectivity index (χ2v) is 4.81. The van der Waals surface area contributed by atoms with Crippen LogP contribution in [-0.4, -0.2) is 28.4 Å². The number of ether oxygens (including phenoxy) is 1. The van der Waals surface area contributed by atoms with Gasteiger partial charge < -0.3 is 10.5 Å². The third kappa shape index (κ3) is 3.76. The Kier molecular flexibility index (Phi) is 5.00. The highest BCUT2D eigenvalue weighted by molar-refractivity contribution is 6.34. The van der Waals surface area contributed by atoms with Gasteiger partial charge in [0.2, 0.25) is 0 Å². The van der Waals surface area contributed by atoms with E-state index in [-0.39, 0.29) is 23.4 Å². The van der Waals surface area contributed by atoms with E-state index in [1.54, 1.807) is 0 Å². The molecule has 1 aromatic heterocycles. The fourth-order valence-corrected chi connectivity index (χ4v) is 2.14. The van der Waals surface area contributed by atoms with Crippen LogP contribution >= 0.6 is 11.6 Å². The van der Waals surface area contributed by atoms with E-state index in [1.165, 1.54) is 11.6 Å². The molecule has 7 nitrogen and oxygen atoms in total. The summed E-state index contributed by atoms with van der Waals surface area (Å²) < 4.78 is 6.36. The standard InChI is InChI=1S/C14H15ClN4O3/c1-9(20)22-8-7-11-12(15)13(17-14(16)21)19(18-11)10-5-3-2-4-6-10/h2-6H,7-8H2,1H3,(H3,16,17,21). The van der Waals surface area contributed by atoms with Crippen LogP contribution in [0.3, 0.4) is 0 Å². The maximum Gasteiger partial charge on any atom is 0.317 e. The van der Waals surface area contributed by atoms with Gasteiger partial charge in [-0.1, -0.05) is 29.8 Å². The zero-order chi connectivity index (χ0) is 16.1. The minimum Gasteiger partial charge on any atom is -0.465 e. The highest BCUT2D eigenvalue weighted by Crippen LogP contribution is 2.29. The maximum absolute atomic E-state index is 11.2. The van der Waals surface area contributed by atoms with Crippen molar-refractivity contribution < 1.29 is 14.3 Å². The van der Waals surface area contributed by atoms with Crippen LogP contribution in [0.4, 0.5) is 10.6 Å². The van der Waals surface area contributed by atoms with Gasteiger partial charge in [-0.2, -0.15) is 5.10 Å². The Morgan fingerprint density at radius 3 is 2.64 bits per heavy atom. The van der Waals surface area contributed by atoms with Crippen molar-refractivity contribution in [3.8, 4) is 5.69 Å². The minimum atomic E-state index is -0.745. The van der Waals surface area contributed by atoms with Gasteiger partial charge >= 0.3 is 12.0 Å². The number of halogens is 1. The summed E-state index contributed by atoms with van der Waals surface area (Å²) in [7, 11) is 0. The highest BCUT2D eigenvalue weighted by atomic mass is 35.5. The van der Waals surface area contributed by atoms with Crippen LogP contribution in [0.2, 0.25) is 5.02 Å². The van der Waals surface area contributed by atoms with Crippen molar-refractivity contribution in [1.82, 2.24) is 9.78 Å². The number of aromatic nitrogens is 2. The first-order valence-corrected chi connectivity index (χ1v) is 6.89. The molecular formula is C14H15ClN4O3. The molecular weight excluding hydrogens is 308 g/mol. The summed E-state index contributed by atoms with van der Waals surface area (Å²) in [6.45, 7) is 1.47. The monoisotopic (exact) mass is 322 g/mol. The summed E-state index contributed by atoms with van der Waals surface area (Å²) in [6, 6.07) is 8.40. The lowest BCUT2D eigenvalue weighted by atomic mass is 10.3. The quantitative estimate of drug-likeness (QED) is 0.823. The molecule has 0 radical (unpaired) electrons. The molecule has 2 rings (SSSR count). The molecule has 0 saturated carbocycles. The molecule has 2 aromatic rings. The molecule has 0 aliphatic heterocycles. The van der Waals surface area contributed by atoms with Gasteiger partial charge in [0.05, 0.1) is 18.0 Å². The Hall–Kier alpha value is -2.54. The third-order valence-corrected chi connectivity index (χ3v) is 3.18. The SMILES string of the molecule is CC(=O)OCCc1nn(-c2ccccc2)c(NC(N)=O)c1Cl. The largest absolute Gasteiger partial charge is 0.465 e. The Bertz CT molecular complexity index is 685. The fourth-order valence-electron chi connectivity index (χ4n) is 1.88. The number of benzene rings is 1. The molecule has 1 heterocycles. The van der Waals surface area contributed by atoms with Gasteiger partial charge in [0.15, 0.2) is 5.82 Å². The molecule has 0 bridgehead atoms. The van der Waals surface area contributed by atoms with Gasteiger partial charge in [0, 0.05) is 13.3 Å². The predicted molar refractivity (Wildman–Crippen MR) is 82.1 cm³/mol. The summed E-state index contributed by atoms with van der Waals surface area (Å²) >= 11 is 6.24. The van der Waals surface area contributed by atoms with Gasteiger partial charge in [0.25, 0.3) is 0 Å². The number of rotatable bonds is 5. The van der Waals surface area contributed by atoms with Crippen molar-refractivity contribution in [2.75, 3.05) is 11.9 Å². The predicted octanol–water partition coefficient (Wildman–Crippen LogP) is 2.12. The first-order chi connectivity index (χ1) is 10.5. The third-order valence-electron chi connectivity index (χ3n) is 2.78. The number of primary amides is 1. The summed E-state index contributed by atoms with van der Waals surface area (Å²) in [4.78, 5) is 22.0. The Morgan fingerprint density at radius 2 is 2.05 bits per heavy atom. The molecule has 0 saturated heterocycles. The van der Waals surface area contributed by atoms with Crippen molar-refractivity contribution in [3.05, 3.63) is 41.0 Å². The van der Waals surface area contributed by atoms with Crippen LogP contribution in [0.25, 0.3) is 5.69 Å². The number of nitrogens with one attached hydrogen (secondary N) is 1. The smallest absolute Gasteiger partial charge is 0.317 e. The number of hydrogen-bond donors (Lipinski definition) is 2. The Labute approximate surface area is 132 Å².